The number of anilines is 1. The number of hydrogen-bond donors (Lipinski definition) is 3. The van der Waals surface area contributed by atoms with Crippen molar-refractivity contribution in [1.82, 2.24) is 30.4 Å². The lowest BCUT2D eigenvalue weighted by molar-refractivity contribution is -0.123. The molecule has 1 aliphatic carbocycles. The molecule has 10 nitrogen and oxygen atoms in total. The minimum absolute atomic E-state index is 0.192. The molecule has 10 heteroatoms. The standard InChI is InChI=1S/C29H29N7O3/c1-2-5-24(37)34-35-25(38)16-19-7-11-21(12-8-19)36-17-23(27-28(30)32-18-33-29(27)36)20-9-13-22(14-10-20)39-26-6-3-4-15-31-26/h2-6,9-10,13-18,21H,7-8,11-12H2,1H3,(H,34,37)(H,35,38)(H2,30,32,33)/b5-2+,19-16?. The summed E-state index contributed by atoms with van der Waals surface area (Å²) in [6.45, 7) is 1.73. The number of hydrazine groups is 1. The quantitative estimate of drug-likeness (QED) is 0.247. The first-order valence-corrected chi connectivity index (χ1v) is 12.7. The maximum atomic E-state index is 12.2. The number of nitrogens with one attached hydrogen (secondary N) is 2. The maximum Gasteiger partial charge on any atom is 0.262 e. The molecule has 1 aliphatic rings. The number of nitrogens with two attached hydrogens (primary N) is 1. The van der Waals surface area contributed by atoms with Crippen molar-refractivity contribution in [2.75, 3.05) is 5.73 Å². The Morgan fingerprint density at radius 2 is 1.79 bits per heavy atom. The highest BCUT2D eigenvalue weighted by atomic mass is 16.5. The van der Waals surface area contributed by atoms with Crippen LogP contribution in [0.15, 0.2) is 85.0 Å². The molecule has 1 aromatic carbocycles. The minimum Gasteiger partial charge on any atom is -0.439 e. The number of amides is 2. The van der Waals surface area contributed by atoms with E-state index in [-0.39, 0.29) is 17.9 Å². The van der Waals surface area contributed by atoms with Crippen molar-refractivity contribution in [3.63, 3.8) is 0 Å². The van der Waals surface area contributed by atoms with E-state index < -0.39 is 0 Å². The number of rotatable bonds is 6. The summed E-state index contributed by atoms with van der Waals surface area (Å²) in [6.07, 6.45) is 13.0. The largest absolute Gasteiger partial charge is 0.439 e. The van der Waals surface area contributed by atoms with Gasteiger partial charge in [-0.2, -0.15) is 0 Å². The number of hydrogen-bond acceptors (Lipinski definition) is 7. The first kappa shape index (κ1) is 25.7. The number of carbonyl (C=O) groups is 2. The summed E-state index contributed by atoms with van der Waals surface area (Å²) in [5, 5.41) is 0.813. The molecule has 4 aromatic rings. The summed E-state index contributed by atoms with van der Waals surface area (Å²) in [5.74, 6) is 0.921. The number of benzene rings is 1. The summed E-state index contributed by atoms with van der Waals surface area (Å²) < 4.78 is 8.01. The van der Waals surface area contributed by atoms with Crippen LogP contribution in [0.2, 0.25) is 0 Å². The van der Waals surface area contributed by atoms with Gasteiger partial charge in [0.1, 0.15) is 23.5 Å². The topological polar surface area (TPSA) is 137 Å². The molecule has 3 heterocycles. The van der Waals surface area contributed by atoms with Crippen LogP contribution in [0, 0.1) is 0 Å². The minimum atomic E-state index is -0.375. The van der Waals surface area contributed by atoms with Crippen molar-refractivity contribution in [3.05, 3.63) is 85.0 Å². The molecule has 0 radical (unpaired) electrons. The zero-order valence-corrected chi connectivity index (χ0v) is 21.5. The fraction of sp³-hybridized carbons (Fsp3) is 0.207. The highest BCUT2D eigenvalue weighted by molar-refractivity contribution is 6.00. The Bertz CT molecular complexity index is 1530. The first-order valence-electron chi connectivity index (χ1n) is 12.7. The van der Waals surface area contributed by atoms with Crippen LogP contribution in [0.4, 0.5) is 5.82 Å². The molecule has 0 spiro atoms. The van der Waals surface area contributed by atoms with Crippen LogP contribution < -0.4 is 21.3 Å². The maximum absolute atomic E-state index is 12.2. The molecule has 1 saturated carbocycles. The number of pyridine rings is 1. The van der Waals surface area contributed by atoms with Gasteiger partial charge in [0.05, 0.1) is 5.39 Å². The van der Waals surface area contributed by atoms with E-state index in [4.69, 9.17) is 10.5 Å². The van der Waals surface area contributed by atoms with E-state index in [0.717, 1.165) is 53.4 Å². The predicted molar refractivity (Wildman–Crippen MR) is 148 cm³/mol. The van der Waals surface area contributed by atoms with E-state index in [1.807, 2.05) is 36.4 Å². The molecule has 3 aromatic heterocycles. The molecule has 1 fully saturated rings. The number of ether oxygens (including phenoxy) is 1. The third kappa shape index (κ3) is 5.96. The lowest BCUT2D eigenvalue weighted by Gasteiger charge is -2.25. The van der Waals surface area contributed by atoms with E-state index in [9.17, 15) is 9.59 Å². The lowest BCUT2D eigenvalue weighted by Crippen LogP contribution is -2.40. The summed E-state index contributed by atoms with van der Waals surface area (Å²) in [4.78, 5) is 36.7. The van der Waals surface area contributed by atoms with Crippen molar-refractivity contribution in [2.24, 2.45) is 0 Å². The third-order valence-electron chi connectivity index (χ3n) is 6.62. The summed E-state index contributed by atoms with van der Waals surface area (Å²) >= 11 is 0. The van der Waals surface area contributed by atoms with Gasteiger partial charge in [-0.15, -0.1) is 0 Å². The second kappa shape index (κ2) is 11.6. The van der Waals surface area contributed by atoms with Gasteiger partial charge in [0.2, 0.25) is 5.88 Å². The fourth-order valence-corrected chi connectivity index (χ4v) is 4.77. The van der Waals surface area contributed by atoms with Gasteiger partial charge in [0.25, 0.3) is 11.8 Å². The van der Waals surface area contributed by atoms with Crippen LogP contribution in [0.5, 0.6) is 11.6 Å². The number of carbonyl (C=O) groups excluding carboxylic acids is 2. The van der Waals surface area contributed by atoms with E-state index in [1.165, 1.54) is 12.4 Å². The molecule has 0 bridgehead atoms. The van der Waals surface area contributed by atoms with Crippen molar-refractivity contribution in [3.8, 4) is 22.8 Å². The average Bonchev–Trinajstić information content (AvgIpc) is 3.35. The molecular weight excluding hydrogens is 494 g/mol. The van der Waals surface area contributed by atoms with E-state index in [2.05, 4.69) is 36.6 Å². The highest BCUT2D eigenvalue weighted by Crippen LogP contribution is 2.39. The van der Waals surface area contributed by atoms with Gasteiger partial charge in [-0.3, -0.25) is 20.4 Å². The van der Waals surface area contributed by atoms with Gasteiger partial charge in [0.15, 0.2) is 0 Å². The molecule has 198 valence electrons. The molecule has 2 amide bonds. The molecule has 0 aliphatic heterocycles. The van der Waals surface area contributed by atoms with Gasteiger partial charge < -0.3 is 15.0 Å². The molecule has 0 atom stereocenters. The Balaban J connectivity index is 1.32. The number of allylic oxidation sites excluding steroid dienone is 2. The Morgan fingerprint density at radius 1 is 1.03 bits per heavy atom. The number of nitrogen functional groups attached to an aromatic ring is 1. The van der Waals surface area contributed by atoms with Crippen LogP contribution in [0.25, 0.3) is 22.2 Å². The van der Waals surface area contributed by atoms with E-state index >= 15 is 0 Å². The Morgan fingerprint density at radius 3 is 2.51 bits per heavy atom. The number of nitrogens with zero attached hydrogens (tertiary/aromatic N) is 4. The van der Waals surface area contributed by atoms with Crippen molar-refractivity contribution < 1.29 is 14.3 Å². The number of fused-ring (bicyclic) bond motifs is 1. The predicted octanol–water partition coefficient (Wildman–Crippen LogP) is 4.63. The normalized spacial score (nSPS) is 15.3. The second-order valence-electron chi connectivity index (χ2n) is 9.21. The van der Waals surface area contributed by atoms with Crippen molar-refractivity contribution in [1.29, 1.82) is 0 Å². The van der Waals surface area contributed by atoms with Crippen LogP contribution in [-0.4, -0.2) is 31.3 Å². The molecule has 4 N–H and O–H groups in total. The van der Waals surface area contributed by atoms with E-state index in [1.54, 1.807) is 31.3 Å². The smallest absolute Gasteiger partial charge is 0.262 e. The fourth-order valence-electron chi connectivity index (χ4n) is 4.77. The highest BCUT2D eigenvalue weighted by Gasteiger charge is 2.24. The molecule has 39 heavy (non-hydrogen) atoms. The summed E-state index contributed by atoms with van der Waals surface area (Å²) in [7, 11) is 0. The summed E-state index contributed by atoms with van der Waals surface area (Å²) in [5.41, 5.74) is 14.8. The van der Waals surface area contributed by atoms with Gasteiger partial charge in [-0.25, -0.2) is 15.0 Å². The Labute approximate surface area is 225 Å². The average molecular weight is 524 g/mol. The number of aromatic nitrogens is 4. The first-order chi connectivity index (χ1) is 19.0. The molecule has 0 unspecified atom stereocenters. The lowest BCUT2D eigenvalue weighted by atomic mass is 9.90. The third-order valence-corrected chi connectivity index (χ3v) is 6.62. The SMILES string of the molecule is C/C=C/C(=O)NNC(=O)C=C1CCC(n2cc(-c3ccc(Oc4ccccn4)cc3)c3c(N)ncnc32)CC1. The molecule has 0 saturated heterocycles. The van der Waals surface area contributed by atoms with Gasteiger partial charge in [-0.1, -0.05) is 29.8 Å². The molecular formula is C29H29N7O3. The second-order valence-corrected chi connectivity index (χ2v) is 9.21. The van der Waals surface area contributed by atoms with E-state index in [0.29, 0.717) is 17.4 Å². The van der Waals surface area contributed by atoms with Crippen LogP contribution >= 0.6 is 0 Å². The monoisotopic (exact) mass is 523 g/mol. The van der Waals surface area contributed by atoms with Crippen molar-refractivity contribution >= 4 is 28.7 Å². The zero-order chi connectivity index (χ0) is 27.2. The van der Waals surface area contributed by atoms with Gasteiger partial charge in [0, 0.05) is 42.2 Å². The van der Waals surface area contributed by atoms with Crippen LogP contribution in [-0.2, 0) is 9.59 Å². The Hall–Kier alpha value is -4.99. The Kier molecular flexibility index (Phi) is 7.63. The van der Waals surface area contributed by atoms with Crippen LogP contribution in [0.1, 0.15) is 38.6 Å². The van der Waals surface area contributed by atoms with Crippen LogP contribution in [0.3, 0.4) is 0 Å². The van der Waals surface area contributed by atoms with Crippen molar-refractivity contribution in [2.45, 2.75) is 38.6 Å². The zero-order valence-electron chi connectivity index (χ0n) is 21.5. The molecule has 5 rings (SSSR count). The van der Waals surface area contributed by atoms with Gasteiger partial charge >= 0.3 is 0 Å². The summed E-state index contributed by atoms with van der Waals surface area (Å²) in [6, 6.07) is 13.5. The van der Waals surface area contributed by atoms with Gasteiger partial charge in [-0.05, 0) is 56.4 Å².